The molecule has 3 aliphatic heterocycles. The zero-order valence-corrected chi connectivity index (χ0v) is 36.5. The summed E-state index contributed by atoms with van der Waals surface area (Å²) < 4.78 is 10.5. The van der Waals surface area contributed by atoms with Gasteiger partial charge in [-0.3, -0.25) is 14.5 Å². The Balaban J connectivity index is 0.000000181. The van der Waals surface area contributed by atoms with Gasteiger partial charge in [-0.25, -0.2) is 0 Å². The third kappa shape index (κ3) is 10.8. The topological polar surface area (TPSA) is 85.8 Å². The molecule has 0 radical (unpaired) electrons. The molecule has 3 heterocycles. The van der Waals surface area contributed by atoms with E-state index >= 15 is 0 Å². The highest BCUT2D eigenvalue weighted by Crippen LogP contribution is 2.38. The molecule has 1 aliphatic carbocycles. The number of likely N-dealkylation sites (tertiary alicyclic amines) is 1. The van der Waals surface area contributed by atoms with E-state index in [9.17, 15) is 14.7 Å². The first kappa shape index (κ1) is 43.4. The number of aryl methyl sites for hydroxylation is 2. The number of likely N-dealkylation sites (N-methyl/N-ethyl adjacent to an activating group) is 1. The Morgan fingerprint density at radius 2 is 1.08 bits per heavy atom. The fraction of sp³-hybridized carbons (Fsp3) is 0.490. The van der Waals surface area contributed by atoms with Crippen molar-refractivity contribution in [3.8, 4) is 11.5 Å². The first-order valence-electron chi connectivity index (χ1n) is 22.2. The molecule has 320 valence electrons. The normalized spacial score (nSPS) is 22.0. The molecule has 4 aromatic rings. The number of benzene rings is 4. The Morgan fingerprint density at radius 1 is 0.617 bits per heavy atom. The van der Waals surface area contributed by atoms with Gasteiger partial charge in [0.05, 0.1) is 39.2 Å². The third-order valence-corrected chi connectivity index (χ3v) is 13.7. The number of carbonyl (C=O) groups excluding carboxylic acids is 2. The molecule has 2 amide bonds. The maximum Gasteiger partial charge on any atom is 0.227 e. The number of ether oxygens (including phenoxy) is 2. The zero-order chi connectivity index (χ0) is 42.2. The molecule has 60 heavy (non-hydrogen) atoms. The van der Waals surface area contributed by atoms with Crippen molar-refractivity contribution >= 4 is 11.8 Å². The van der Waals surface area contributed by atoms with Crippen LogP contribution >= 0.6 is 0 Å². The van der Waals surface area contributed by atoms with Crippen LogP contribution in [0.2, 0.25) is 0 Å². The van der Waals surface area contributed by atoms with Gasteiger partial charge in [-0.15, -0.1) is 0 Å². The van der Waals surface area contributed by atoms with Crippen molar-refractivity contribution < 1.29 is 24.2 Å². The van der Waals surface area contributed by atoms with Gasteiger partial charge in [0.1, 0.15) is 11.5 Å². The molecule has 9 nitrogen and oxygen atoms in total. The van der Waals surface area contributed by atoms with Crippen molar-refractivity contribution in [1.82, 2.24) is 19.6 Å². The summed E-state index contributed by atoms with van der Waals surface area (Å²) in [6.07, 6.45) is 9.39. The highest BCUT2D eigenvalue weighted by Gasteiger charge is 2.48. The van der Waals surface area contributed by atoms with E-state index in [1.54, 1.807) is 14.2 Å². The van der Waals surface area contributed by atoms with Gasteiger partial charge in [0.15, 0.2) is 0 Å². The molecule has 4 unspecified atom stereocenters. The summed E-state index contributed by atoms with van der Waals surface area (Å²) >= 11 is 0. The van der Waals surface area contributed by atoms with E-state index < -0.39 is 6.10 Å². The minimum atomic E-state index is -0.482. The Bertz CT molecular complexity index is 1970. The first-order valence-corrected chi connectivity index (χ1v) is 22.2. The number of rotatable bonds is 13. The van der Waals surface area contributed by atoms with Crippen molar-refractivity contribution in [2.45, 2.75) is 127 Å². The molecule has 0 aromatic heterocycles. The van der Waals surface area contributed by atoms with Gasteiger partial charge < -0.3 is 29.3 Å². The Kier molecular flexibility index (Phi) is 14.6. The number of methoxy groups -OCH3 is 2. The van der Waals surface area contributed by atoms with E-state index in [0.29, 0.717) is 38.0 Å². The fourth-order valence-electron chi connectivity index (χ4n) is 9.74. The molecule has 1 N–H and O–H groups in total. The predicted octanol–water partition coefficient (Wildman–Crippen LogP) is 7.76. The standard InChI is InChI=1S/C26H34N2O2.C25H32N2O3/c1-20-6-8-22(9-7-20)19-28(24-14-16-27(17-15-24)23-4-3-5-23)26(29)18-21-10-12-25(30-2)13-11-21;1-17-4-6-19(7-5-17)16-27(24(29)14-18-8-11-21(30-3)12-9-18)25-22-13-10-20(26(22)2)15-23(25)28/h6-13,23-24H,3-5,14-19H2,1-2H3;4-9,11-12,20,22-23,25,28H,10,13-16H2,1-3H3. The molecule has 4 fully saturated rings. The molecule has 9 heteroatoms. The van der Waals surface area contributed by atoms with Crippen LogP contribution in [0.25, 0.3) is 0 Å². The Morgan fingerprint density at radius 3 is 1.55 bits per heavy atom. The molecule has 1 saturated carbocycles. The average Bonchev–Trinajstić information content (AvgIpc) is 3.49. The van der Waals surface area contributed by atoms with Crippen LogP contribution in [-0.2, 0) is 35.5 Å². The number of aliphatic hydroxyl groups is 1. The summed E-state index contributed by atoms with van der Waals surface area (Å²) in [5.74, 6) is 1.89. The SMILES string of the molecule is COc1ccc(CC(=O)N(Cc2ccc(C)cc2)C2C(O)CC3CCC2N3C)cc1.COc1ccc(CC(=O)N(Cc2ccc(C)cc2)C2CCN(C3CCC3)CC2)cc1. The third-order valence-electron chi connectivity index (χ3n) is 13.7. The molecule has 4 atom stereocenters. The summed E-state index contributed by atoms with van der Waals surface area (Å²) in [5.41, 5.74) is 6.76. The second kappa shape index (κ2) is 20.2. The molecular formula is C51H66N4O5. The van der Waals surface area contributed by atoms with Crippen LogP contribution in [0.15, 0.2) is 97.1 Å². The largest absolute Gasteiger partial charge is 0.497 e. The second-order valence-electron chi connectivity index (χ2n) is 17.7. The van der Waals surface area contributed by atoms with Gasteiger partial charge in [-0.1, -0.05) is 90.3 Å². The lowest BCUT2D eigenvalue weighted by Crippen LogP contribution is -2.61. The number of piperidine rings is 2. The number of carbonyl (C=O) groups is 2. The highest BCUT2D eigenvalue weighted by molar-refractivity contribution is 5.80. The maximum absolute atomic E-state index is 13.5. The number of nitrogens with zero attached hydrogens (tertiary/aromatic N) is 4. The van der Waals surface area contributed by atoms with E-state index in [0.717, 1.165) is 79.4 Å². The smallest absolute Gasteiger partial charge is 0.227 e. The predicted molar refractivity (Wildman–Crippen MR) is 238 cm³/mol. The lowest BCUT2D eigenvalue weighted by atomic mass is 9.89. The molecule has 4 aromatic carbocycles. The van der Waals surface area contributed by atoms with E-state index in [1.807, 2.05) is 53.4 Å². The van der Waals surface area contributed by atoms with E-state index in [2.05, 4.69) is 84.1 Å². The zero-order valence-electron chi connectivity index (χ0n) is 36.5. The minimum absolute atomic E-state index is 0.0588. The monoisotopic (exact) mass is 815 g/mol. The lowest BCUT2D eigenvalue weighted by molar-refractivity contribution is -0.141. The Labute approximate surface area is 358 Å². The van der Waals surface area contributed by atoms with Crippen LogP contribution in [0.3, 0.4) is 0 Å². The molecule has 2 bridgehead atoms. The second-order valence-corrected chi connectivity index (χ2v) is 17.7. The van der Waals surface area contributed by atoms with Gasteiger partial charge in [0.25, 0.3) is 0 Å². The van der Waals surface area contributed by atoms with E-state index in [4.69, 9.17) is 9.47 Å². The molecule has 8 rings (SSSR count). The number of fused-ring (bicyclic) bond motifs is 2. The van der Waals surface area contributed by atoms with Crippen molar-refractivity contribution in [2.24, 2.45) is 0 Å². The fourth-order valence-corrected chi connectivity index (χ4v) is 9.74. The molecule has 0 spiro atoms. The van der Waals surface area contributed by atoms with Crippen LogP contribution in [-0.4, -0.2) is 107 Å². The first-order chi connectivity index (χ1) is 29.1. The van der Waals surface area contributed by atoms with Gasteiger partial charge in [0.2, 0.25) is 11.8 Å². The van der Waals surface area contributed by atoms with Gasteiger partial charge in [-0.05, 0) is 112 Å². The molecule has 4 aliphatic rings. The number of hydrogen-bond acceptors (Lipinski definition) is 7. The number of aliphatic hydroxyl groups excluding tert-OH is 1. The van der Waals surface area contributed by atoms with Gasteiger partial charge in [0, 0.05) is 50.3 Å². The van der Waals surface area contributed by atoms with Crippen molar-refractivity contribution in [3.63, 3.8) is 0 Å². The lowest BCUT2D eigenvalue weighted by Gasteiger charge is -2.46. The maximum atomic E-state index is 13.5. The summed E-state index contributed by atoms with van der Waals surface area (Å²) in [4.78, 5) is 36.0. The molecular weight excluding hydrogens is 749 g/mol. The van der Waals surface area contributed by atoms with Crippen molar-refractivity contribution in [1.29, 1.82) is 0 Å². The summed E-state index contributed by atoms with van der Waals surface area (Å²) in [6.45, 7) is 7.63. The van der Waals surface area contributed by atoms with Crippen LogP contribution < -0.4 is 9.47 Å². The number of hydrogen-bond donors (Lipinski definition) is 1. The van der Waals surface area contributed by atoms with Gasteiger partial charge >= 0.3 is 0 Å². The van der Waals surface area contributed by atoms with Crippen LogP contribution in [0.4, 0.5) is 0 Å². The van der Waals surface area contributed by atoms with E-state index in [-0.39, 0.29) is 23.9 Å². The molecule has 3 saturated heterocycles. The Hall–Kier alpha value is -4.70. The number of amides is 2. The highest BCUT2D eigenvalue weighted by atomic mass is 16.5. The van der Waals surface area contributed by atoms with Crippen molar-refractivity contribution in [2.75, 3.05) is 34.4 Å². The quantitative estimate of drug-likeness (QED) is 0.148. The van der Waals surface area contributed by atoms with Crippen LogP contribution in [0, 0.1) is 13.8 Å². The minimum Gasteiger partial charge on any atom is -0.497 e. The summed E-state index contributed by atoms with van der Waals surface area (Å²) in [7, 11) is 5.44. The average molecular weight is 815 g/mol. The van der Waals surface area contributed by atoms with Gasteiger partial charge in [-0.2, -0.15) is 0 Å². The van der Waals surface area contributed by atoms with Crippen LogP contribution in [0.5, 0.6) is 11.5 Å². The van der Waals surface area contributed by atoms with E-state index in [1.165, 1.54) is 36.0 Å². The summed E-state index contributed by atoms with van der Waals surface area (Å²) in [6, 6.07) is 34.0. The van der Waals surface area contributed by atoms with Crippen molar-refractivity contribution in [3.05, 3.63) is 130 Å². The summed E-state index contributed by atoms with van der Waals surface area (Å²) in [5, 5.41) is 11.0. The van der Waals surface area contributed by atoms with Crippen LogP contribution in [0.1, 0.15) is 84.7 Å².